The van der Waals surface area contributed by atoms with E-state index in [1.807, 2.05) is 12.3 Å². The van der Waals surface area contributed by atoms with Crippen LogP contribution in [0.25, 0.3) is 10.9 Å². The average molecular weight is 429 g/mol. The number of nitrogens with one attached hydrogen (secondary N) is 1. The summed E-state index contributed by atoms with van der Waals surface area (Å²) >= 11 is 0. The first-order valence-corrected chi connectivity index (χ1v) is 11.6. The third-order valence-corrected chi connectivity index (χ3v) is 7.28. The molecule has 0 saturated carbocycles. The summed E-state index contributed by atoms with van der Waals surface area (Å²) in [5.74, 6) is 0.125. The summed E-state index contributed by atoms with van der Waals surface area (Å²) in [6.45, 7) is 13.0. The van der Waals surface area contributed by atoms with Crippen LogP contribution in [0.1, 0.15) is 60.4 Å². The highest BCUT2D eigenvalue weighted by Gasteiger charge is 2.40. The molecule has 166 valence electrons. The summed E-state index contributed by atoms with van der Waals surface area (Å²) in [6, 6.07) is 13.2. The monoisotopic (exact) mass is 428 g/mol. The molecule has 0 unspecified atom stereocenters. The highest BCUT2D eigenvalue weighted by Crippen LogP contribution is 2.44. The first-order chi connectivity index (χ1) is 15.3. The average Bonchev–Trinajstić information content (AvgIpc) is 3.18. The van der Waals surface area contributed by atoms with Gasteiger partial charge in [0.2, 0.25) is 0 Å². The summed E-state index contributed by atoms with van der Waals surface area (Å²) < 4.78 is 0. The first kappa shape index (κ1) is 21.0. The molecule has 5 heteroatoms. The molecule has 0 radical (unpaired) electrons. The molecule has 5 nitrogen and oxygen atoms in total. The minimum Gasteiger partial charge on any atom is -0.369 e. The molecule has 0 atom stereocenters. The van der Waals surface area contributed by atoms with E-state index in [1.165, 1.54) is 0 Å². The lowest BCUT2D eigenvalue weighted by Crippen LogP contribution is -2.49. The molecule has 0 amide bonds. The number of hydrogen-bond acceptors (Lipinski definition) is 4. The van der Waals surface area contributed by atoms with Crippen molar-refractivity contribution in [3.05, 3.63) is 64.3 Å². The number of nitrogens with zero attached hydrogens (tertiary/aromatic N) is 3. The van der Waals surface area contributed by atoms with Gasteiger partial charge in [0, 0.05) is 78.7 Å². The number of anilines is 1. The van der Waals surface area contributed by atoms with Crippen LogP contribution in [-0.4, -0.2) is 61.2 Å². The van der Waals surface area contributed by atoms with E-state index in [9.17, 15) is 4.79 Å². The van der Waals surface area contributed by atoms with Crippen LogP contribution >= 0.6 is 0 Å². The number of rotatable bonds is 3. The van der Waals surface area contributed by atoms with Gasteiger partial charge in [-0.15, -0.1) is 0 Å². The predicted molar refractivity (Wildman–Crippen MR) is 133 cm³/mol. The maximum atomic E-state index is 13.8. The van der Waals surface area contributed by atoms with E-state index in [0.29, 0.717) is 6.04 Å². The van der Waals surface area contributed by atoms with Gasteiger partial charge >= 0.3 is 0 Å². The van der Waals surface area contributed by atoms with Gasteiger partial charge in [-0.1, -0.05) is 32.0 Å². The van der Waals surface area contributed by atoms with Crippen molar-refractivity contribution >= 4 is 28.6 Å². The Morgan fingerprint density at radius 3 is 2.50 bits per heavy atom. The Morgan fingerprint density at radius 2 is 1.81 bits per heavy atom. The smallest absolute Gasteiger partial charge is 0.195 e. The summed E-state index contributed by atoms with van der Waals surface area (Å²) in [5, 5.41) is 0.993. The lowest BCUT2D eigenvalue weighted by atomic mass is 9.71. The Labute approximate surface area is 190 Å². The first-order valence-electron chi connectivity index (χ1n) is 11.6. The Morgan fingerprint density at radius 1 is 1.06 bits per heavy atom. The molecule has 2 heterocycles. The minimum absolute atomic E-state index is 0.125. The topological polar surface area (TPSA) is 51.7 Å². The lowest BCUT2D eigenvalue weighted by Gasteiger charge is -2.39. The molecule has 5 rings (SSSR count). The van der Waals surface area contributed by atoms with Crippen molar-refractivity contribution < 1.29 is 4.79 Å². The Bertz CT molecular complexity index is 1230. The van der Waals surface area contributed by atoms with Crippen LogP contribution in [0, 0.1) is 0 Å². The second-order valence-corrected chi connectivity index (χ2v) is 9.87. The number of carbonyl (C=O) groups excluding carboxylic acids is 1. The van der Waals surface area contributed by atoms with Crippen LogP contribution in [0.4, 0.5) is 5.69 Å². The zero-order chi connectivity index (χ0) is 22.6. The van der Waals surface area contributed by atoms with Gasteiger partial charge in [-0.25, -0.2) is 0 Å². The van der Waals surface area contributed by atoms with Gasteiger partial charge in [-0.05, 0) is 43.2 Å². The fourth-order valence-electron chi connectivity index (χ4n) is 5.38. The molecule has 0 bridgehead atoms. The second-order valence-electron chi connectivity index (χ2n) is 9.87. The van der Waals surface area contributed by atoms with Crippen molar-refractivity contribution in [2.75, 3.05) is 38.1 Å². The van der Waals surface area contributed by atoms with Gasteiger partial charge in [0.25, 0.3) is 0 Å². The van der Waals surface area contributed by atoms with E-state index in [1.54, 1.807) is 7.05 Å². The molecular weight excluding hydrogens is 396 g/mol. The number of H-pyrrole nitrogens is 1. The Hall–Kier alpha value is -2.92. The zero-order valence-electron chi connectivity index (χ0n) is 19.7. The molecule has 3 aromatic rings. The van der Waals surface area contributed by atoms with Crippen molar-refractivity contribution in [1.29, 1.82) is 0 Å². The maximum Gasteiger partial charge on any atom is 0.195 e. The van der Waals surface area contributed by atoms with Gasteiger partial charge in [-0.3, -0.25) is 14.7 Å². The number of aromatic amines is 1. The lowest BCUT2D eigenvalue weighted by molar-refractivity contribution is 0.103. The van der Waals surface area contributed by atoms with Gasteiger partial charge < -0.3 is 9.88 Å². The fraction of sp³-hybridized carbons (Fsp3) is 0.407. The van der Waals surface area contributed by atoms with Crippen LogP contribution in [0.5, 0.6) is 0 Å². The van der Waals surface area contributed by atoms with E-state index in [4.69, 9.17) is 0 Å². The van der Waals surface area contributed by atoms with Crippen LogP contribution < -0.4 is 4.90 Å². The van der Waals surface area contributed by atoms with Crippen molar-refractivity contribution in [2.24, 2.45) is 4.99 Å². The number of aromatic nitrogens is 1. The summed E-state index contributed by atoms with van der Waals surface area (Å²) in [6.07, 6.45) is 1.84. The van der Waals surface area contributed by atoms with Crippen LogP contribution in [-0.2, 0) is 5.41 Å². The summed E-state index contributed by atoms with van der Waals surface area (Å²) in [5.41, 5.74) is 6.67. The predicted octanol–water partition coefficient (Wildman–Crippen LogP) is 4.62. The van der Waals surface area contributed by atoms with Gasteiger partial charge in [0.05, 0.1) is 5.56 Å². The maximum absolute atomic E-state index is 13.8. The van der Waals surface area contributed by atoms with Crippen LogP contribution in [0.3, 0.4) is 0 Å². The van der Waals surface area contributed by atoms with E-state index < -0.39 is 0 Å². The van der Waals surface area contributed by atoms with E-state index in [0.717, 1.165) is 70.7 Å². The number of hydrogen-bond donors (Lipinski definition) is 1. The molecule has 1 aromatic heterocycles. The molecule has 1 saturated heterocycles. The molecule has 1 fully saturated rings. The van der Waals surface area contributed by atoms with E-state index in [-0.39, 0.29) is 11.2 Å². The summed E-state index contributed by atoms with van der Waals surface area (Å²) in [4.78, 5) is 26.4. The standard InChI is InChI=1S/C27H32N4O/c1-17(2)30-10-12-31(13-11-30)19-7-9-22-21(15-19)25(32)24-20-8-6-18(16-28-5)14-23(20)29-26(24)27(22,3)4/h6-9,14-17,29H,10-13H2,1-5H3/b28-16-. The number of fused-ring (bicyclic) bond motifs is 4. The minimum atomic E-state index is -0.272. The fourth-order valence-corrected chi connectivity index (χ4v) is 5.38. The van der Waals surface area contributed by atoms with Gasteiger partial charge in [0.15, 0.2) is 5.78 Å². The number of ketones is 1. The molecule has 1 aliphatic carbocycles. The Kier molecular flexibility index (Phi) is 4.97. The van der Waals surface area contributed by atoms with Crippen molar-refractivity contribution in [3.8, 4) is 0 Å². The normalized spacial score (nSPS) is 18.6. The number of carbonyl (C=O) groups is 1. The largest absolute Gasteiger partial charge is 0.369 e. The quantitative estimate of drug-likeness (QED) is 0.620. The van der Waals surface area contributed by atoms with Crippen molar-refractivity contribution in [1.82, 2.24) is 9.88 Å². The molecule has 2 aliphatic rings. The number of aliphatic imine (C=N–C) groups is 1. The number of benzene rings is 2. The van der Waals surface area contributed by atoms with E-state index in [2.05, 4.69) is 77.8 Å². The highest BCUT2D eigenvalue weighted by molar-refractivity contribution is 6.20. The third kappa shape index (κ3) is 3.18. The molecule has 1 N–H and O–H groups in total. The molecule has 0 spiro atoms. The summed E-state index contributed by atoms with van der Waals surface area (Å²) in [7, 11) is 1.77. The molecular formula is C27H32N4O. The molecule has 2 aromatic carbocycles. The molecule has 1 aliphatic heterocycles. The molecule has 32 heavy (non-hydrogen) atoms. The van der Waals surface area contributed by atoms with Crippen molar-refractivity contribution in [2.45, 2.75) is 39.2 Å². The van der Waals surface area contributed by atoms with Crippen molar-refractivity contribution in [3.63, 3.8) is 0 Å². The SMILES string of the molecule is C/N=C\c1ccc2c3c([nH]c2c1)C(C)(C)c1ccc(N2CCN(C(C)C)CC2)cc1C3=O. The second kappa shape index (κ2) is 7.59. The van der Waals surface area contributed by atoms with Gasteiger partial charge in [0.1, 0.15) is 0 Å². The Balaban J connectivity index is 1.56. The highest BCUT2D eigenvalue weighted by atomic mass is 16.1. The number of piperazine rings is 1. The van der Waals surface area contributed by atoms with Gasteiger partial charge in [-0.2, -0.15) is 0 Å². The van der Waals surface area contributed by atoms with Crippen LogP contribution in [0.2, 0.25) is 0 Å². The van der Waals surface area contributed by atoms with Crippen LogP contribution in [0.15, 0.2) is 41.4 Å². The zero-order valence-corrected chi connectivity index (χ0v) is 19.7. The van der Waals surface area contributed by atoms with E-state index >= 15 is 0 Å². The third-order valence-electron chi connectivity index (χ3n) is 7.28.